The fourth-order valence-electron chi connectivity index (χ4n) is 2.52. The standard InChI is InChI=1S/C22H27BrN2O4/c1-13(2)28-20(26)19-18(25-21(27)29-22(4,5)6)17(23)16(12-24-19)11-15-9-7-14(3)8-10-15/h7-10,12-13H,11H2,1-6H3,(H,25,27). The topological polar surface area (TPSA) is 77.5 Å². The first-order valence-corrected chi connectivity index (χ1v) is 10.2. The number of aromatic nitrogens is 1. The van der Waals surface area contributed by atoms with E-state index in [1.807, 2.05) is 31.2 Å². The number of anilines is 1. The third kappa shape index (κ3) is 6.85. The number of aryl methyl sites for hydroxylation is 1. The van der Waals surface area contributed by atoms with Gasteiger partial charge in [-0.05, 0) is 68.6 Å². The molecule has 0 aliphatic heterocycles. The van der Waals surface area contributed by atoms with Crippen LogP contribution in [0.2, 0.25) is 0 Å². The molecule has 0 spiro atoms. The zero-order chi connectivity index (χ0) is 21.8. The van der Waals surface area contributed by atoms with Crippen LogP contribution in [-0.4, -0.2) is 28.8 Å². The highest BCUT2D eigenvalue weighted by atomic mass is 79.9. The first-order chi connectivity index (χ1) is 13.5. The number of nitrogens with zero attached hydrogens (tertiary/aromatic N) is 1. The monoisotopic (exact) mass is 462 g/mol. The minimum atomic E-state index is -0.678. The SMILES string of the molecule is Cc1ccc(Cc2cnc(C(=O)OC(C)C)c(NC(=O)OC(C)(C)C)c2Br)cc1. The molecule has 0 aliphatic rings. The van der Waals surface area contributed by atoms with Crippen LogP contribution in [0.15, 0.2) is 34.9 Å². The number of pyridine rings is 1. The van der Waals surface area contributed by atoms with Crippen LogP contribution in [0.4, 0.5) is 10.5 Å². The van der Waals surface area contributed by atoms with Gasteiger partial charge < -0.3 is 9.47 Å². The van der Waals surface area contributed by atoms with Gasteiger partial charge in [0, 0.05) is 17.1 Å². The van der Waals surface area contributed by atoms with Crippen molar-refractivity contribution in [1.82, 2.24) is 4.98 Å². The molecular formula is C22H27BrN2O4. The molecular weight excluding hydrogens is 436 g/mol. The summed E-state index contributed by atoms with van der Waals surface area (Å²) in [5.74, 6) is -0.617. The van der Waals surface area contributed by atoms with Crippen LogP contribution in [0.25, 0.3) is 0 Å². The maximum Gasteiger partial charge on any atom is 0.412 e. The summed E-state index contributed by atoms with van der Waals surface area (Å²) in [6, 6.07) is 8.13. The Labute approximate surface area is 180 Å². The van der Waals surface area contributed by atoms with E-state index in [2.05, 4.69) is 26.2 Å². The van der Waals surface area contributed by atoms with Crippen molar-refractivity contribution in [2.24, 2.45) is 0 Å². The Morgan fingerprint density at radius 2 is 1.79 bits per heavy atom. The molecule has 1 aromatic carbocycles. The summed E-state index contributed by atoms with van der Waals surface area (Å²) in [6.45, 7) is 10.8. The van der Waals surface area contributed by atoms with Gasteiger partial charge >= 0.3 is 12.1 Å². The van der Waals surface area contributed by atoms with Gasteiger partial charge in [-0.2, -0.15) is 0 Å². The van der Waals surface area contributed by atoms with Crippen molar-refractivity contribution in [2.45, 2.75) is 59.7 Å². The number of carbonyl (C=O) groups is 2. The zero-order valence-electron chi connectivity index (χ0n) is 17.6. The van der Waals surface area contributed by atoms with Gasteiger partial charge in [-0.25, -0.2) is 14.6 Å². The van der Waals surface area contributed by atoms with E-state index in [9.17, 15) is 9.59 Å². The van der Waals surface area contributed by atoms with Gasteiger partial charge in [0.25, 0.3) is 0 Å². The summed E-state index contributed by atoms with van der Waals surface area (Å²) in [7, 11) is 0. The number of amides is 1. The lowest BCUT2D eigenvalue weighted by molar-refractivity contribution is 0.0372. The van der Waals surface area contributed by atoms with Crippen LogP contribution in [0, 0.1) is 6.92 Å². The number of nitrogens with one attached hydrogen (secondary N) is 1. The Morgan fingerprint density at radius 1 is 1.17 bits per heavy atom. The Hall–Kier alpha value is -2.41. The molecule has 29 heavy (non-hydrogen) atoms. The van der Waals surface area contributed by atoms with Gasteiger partial charge in [-0.1, -0.05) is 29.8 Å². The predicted molar refractivity (Wildman–Crippen MR) is 116 cm³/mol. The van der Waals surface area contributed by atoms with E-state index in [0.717, 1.165) is 11.1 Å². The van der Waals surface area contributed by atoms with E-state index in [-0.39, 0.29) is 17.5 Å². The number of carbonyl (C=O) groups excluding carboxylic acids is 2. The number of esters is 1. The molecule has 156 valence electrons. The summed E-state index contributed by atoms with van der Waals surface area (Å²) in [6.07, 6.45) is 1.20. The van der Waals surface area contributed by atoms with E-state index < -0.39 is 17.7 Å². The van der Waals surface area contributed by atoms with Crippen LogP contribution in [0.3, 0.4) is 0 Å². The lowest BCUT2D eigenvalue weighted by Gasteiger charge is -2.21. The summed E-state index contributed by atoms with van der Waals surface area (Å²) >= 11 is 3.53. The number of benzene rings is 1. The maximum absolute atomic E-state index is 12.5. The highest BCUT2D eigenvalue weighted by molar-refractivity contribution is 9.10. The number of hydrogen-bond donors (Lipinski definition) is 1. The number of halogens is 1. The molecule has 2 aromatic rings. The zero-order valence-corrected chi connectivity index (χ0v) is 19.2. The third-order valence-corrected chi connectivity index (χ3v) is 4.67. The number of rotatable bonds is 5. The third-order valence-electron chi connectivity index (χ3n) is 3.76. The van der Waals surface area contributed by atoms with Gasteiger partial charge in [-0.15, -0.1) is 0 Å². The highest BCUT2D eigenvalue weighted by Gasteiger charge is 2.24. The molecule has 0 unspecified atom stereocenters. The molecule has 0 bridgehead atoms. The minimum Gasteiger partial charge on any atom is -0.458 e. The number of hydrogen-bond acceptors (Lipinski definition) is 5. The average Bonchev–Trinajstić information content (AvgIpc) is 2.58. The molecule has 2 rings (SSSR count). The van der Waals surface area contributed by atoms with Gasteiger partial charge in [0.05, 0.1) is 11.8 Å². The van der Waals surface area contributed by atoms with Crippen LogP contribution >= 0.6 is 15.9 Å². The van der Waals surface area contributed by atoms with E-state index >= 15 is 0 Å². The minimum absolute atomic E-state index is 0.0177. The van der Waals surface area contributed by atoms with Crippen molar-refractivity contribution >= 4 is 33.7 Å². The second kappa shape index (κ2) is 9.39. The lowest BCUT2D eigenvalue weighted by Crippen LogP contribution is -2.28. The lowest BCUT2D eigenvalue weighted by atomic mass is 10.0. The van der Waals surface area contributed by atoms with E-state index in [1.54, 1.807) is 40.8 Å². The molecule has 1 heterocycles. The van der Waals surface area contributed by atoms with Crippen LogP contribution in [0.1, 0.15) is 61.8 Å². The Morgan fingerprint density at radius 3 is 2.34 bits per heavy atom. The van der Waals surface area contributed by atoms with Crippen LogP contribution in [-0.2, 0) is 15.9 Å². The van der Waals surface area contributed by atoms with Gasteiger partial charge in [0.15, 0.2) is 5.69 Å². The molecule has 0 saturated carbocycles. The second-order valence-corrected chi connectivity index (χ2v) is 8.86. The summed E-state index contributed by atoms with van der Waals surface area (Å²) in [5.41, 5.74) is 2.64. The van der Waals surface area contributed by atoms with Gasteiger partial charge in [0.1, 0.15) is 5.60 Å². The molecule has 0 radical (unpaired) electrons. The molecule has 1 aromatic heterocycles. The molecule has 0 aliphatic carbocycles. The Bertz CT molecular complexity index is 887. The fourth-order valence-corrected chi connectivity index (χ4v) is 3.05. The van der Waals surface area contributed by atoms with Crippen molar-refractivity contribution in [2.75, 3.05) is 5.32 Å². The summed E-state index contributed by atoms with van der Waals surface area (Å²) in [5, 5.41) is 2.65. The van der Waals surface area contributed by atoms with Crippen molar-refractivity contribution < 1.29 is 19.1 Å². The highest BCUT2D eigenvalue weighted by Crippen LogP contribution is 2.31. The normalized spacial score (nSPS) is 11.3. The number of ether oxygens (including phenoxy) is 2. The molecule has 6 nitrogen and oxygen atoms in total. The van der Waals surface area contributed by atoms with Crippen molar-refractivity contribution in [3.05, 3.63) is 57.3 Å². The van der Waals surface area contributed by atoms with Crippen molar-refractivity contribution in [3.63, 3.8) is 0 Å². The second-order valence-electron chi connectivity index (χ2n) is 8.06. The average molecular weight is 463 g/mol. The summed E-state index contributed by atoms with van der Waals surface area (Å²) in [4.78, 5) is 29.1. The largest absolute Gasteiger partial charge is 0.458 e. The first kappa shape index (κ1) is 22.9. The van der Waals surface area contributed by atoms with E-state index in [0.29, 0.717) is 10.9 Å². The van der Waals surface area contributed by atoms with E-state index in [4.69, 9.17) is 9.47 Å². The van der Waals surface area contributed by atoms with Crippen molar-refractivity contribution in [3.8, 4) is 0 Å². The Balaban J connectivity index is 2.41. The Kier molecular flexibility index (Phi) is 7.41. The van der Waals surface area contributed by atoms with Gasteiger partial charge in [-0.3, -0.25) is 5.32 Å². The molecule has 0 saturated heterocycles. The predicted octanol–water partition coefficient (Wildman–Crippen LogP) is 5.66. The molecule has 0 fully saturated rings. The molecule has 0 atom stereocenters. The van der Waals surface area contributed by atoms with E-state index in [1.165, 1.54) is 5.56 Å². The first-order valence-electron chi connectivity index (χ1n) is 9.40. The molecule has 1 amide bonds. The molecule has 7 heteroatoms. The molecule has 1 N–H and O–H groups in total. The fraction of sp³-hybridized carbons (Fsp3) is 0.409. The van der Waals surface area contributed by atoms with Crippen LogP contribution < -0.4 is 5.32 Å². The smallest absolute Gasteiger partial charge is 0.412 e. The van der Waals surface area contributed by atoms with Gasteiger partial charge in [0.2, 0.25) is 0 Å². The van der Waals surface area contributed by atoms with Crippen LogP contribution in [0.5, 0.6) is 0 Å². The summed E-state index contributed by atoms with van der Waals surface area (Å²) < 4.78 is 11.2. The maximum atomic E-state index is 12.5. The quantitative estimate of drug-likeness (QED) is 0.580. The van der Waals surface area contributed by atoms with Crippen molar-refractivity contribution in [1.29, 1.82) is 0 Å².